The Balaban J connectivity index is 1.77. The lowest BCUT2D eigenvalue weighted by molar-refractivity contribution is -0.121. The average molecular weight is 487 g/mol. The quantitative estimate of drug-likeness (QED) is 0.459. The minimum absolute atomic E-state index is 0.106. The first-order chi connectivity index (χ1) is 15.8. The van der Waals surface area contributed by atoms with Crippen molar-refractivity contribution in [1.29, 1.82) is 0 Å². The van der Waals surface area contributed by atoms with Gasteiger partial charge in [-0.15, -0.1) is 0 Å². The van der Waals surface area contributed by atoms with Crippen LogP contribution >= 0.6 is 11.6 Å². The molecule has 0 aromatic heterocycles. The first-order valence-electron chi connectivity index (χ1n) is 10.5. The van der Waals surface area contributed by atoms with Crippen molar-refractivity contribution in [1.82, 2.24) is 9.62 Å². The van der Waals surface area contributed by atoms with Crippen LogP contribution in [0.1, 0.15) is 24.1 Å². The van der Waals surface area contributed by atoms with Gasteiger partial charge in [0.25, 0.3) is 0 Å². The summed E-state index contributed by atoms with van der Waals surface area (Å²) in [6.45, 7) is 1.72. The van der Waals surface area contributed by atoms with E-state index in [2.05, 4.69) is 5.32 Å². The summed E-state index contributed by atoms with van der Waals surface area (Å²) in [7, 11) is -2.38. The number of sulfonamides is 1. The molecule has 1 N–H and O–H groups in total. The maximum absolute atomic E-state index is 13.4. The molecule has 1 atom stereocenters. The molecule has 0 saturated heterocycles. The van der Waals surface area contributed by atoms with Crippen LogP contribution in [0.5, 0.6) is 5.75 Å². The molecular formula is C25H27ClN2O4S. The number of hydrogen-bond donors (Lipinski definition) is 1. The van der Waals surface area contributed by atoms with E-state index in [0.717, 1.165) is 11.1 Å². The van der Waals surface area contributed by atoms with Crippen LogP contribution in [0, 0.1) is 0 Å². The first-order valence-corrected chi connectivity index (χ1v) is 12.3. The number of ether oxygens (including phenoxy) is 1. The second-order valence-corrected chi connectivity index (χ2v) is 9.96. The van der Waals surface area contributed by atoms with E-state index < -0.39 is 10.0 Å². The lowest BCUT2D eigenvalue weighted by Gasteiger charge is -2.23. The zero-order valence-electron chi connectivity index (χ0n) is 18.6. The Morgan fingerprint density at radius 1 is 1.00 bits per heavy atom. The van der Waals surface area contributed by atoms with E-state index in [1.54, 1.807) is 24.3 Å². The molecule has 0 aliphatic heterocycles. The lowest BCUT2D eigenvalue weighted by Crippen LogP contribution is -2.42. The highest BCUT2D eigenvalue weighted by Gasteiger charge is 2.27. The van der Waals surface area contributed by atoms with Crippen LogP contribution in [0.15, 0.2) is 83.8 Å². The van der Waals surface area contributed by atoms with E-state index in [4.69, 9.17) is 16.3 Å². The van der Waals surface area contributed by atoms with Gasteiger partial charge in [0.1, 0.15) is 5.75 Å². The number of halogens is 1. The van der Waals surface area contributed by atoms with Gasteiger partial charge in [-0.1, -0.05) is 54.1 Å². The number of rotatable bonds is 10. The predicted molar refractivity (Wildman–Crippen MR) is 130 cm³/mol. The Kier molecular flexibility index (Phi) is 8.49. The molecule has 1 amide bonds. The average Bonchev–Trinajstić information content (AvgIpc) is 2.82. The molecule has 0 aliphatic rings. The number of benzene rings is 3. The van der Waals surface area contributed by atoms with Gasteiger partial charge in [-0.05, 0) is 60.9 Å². The molecule has 0 radical (unpaired) electrons. The molecule has 3 aromatic carbocycles. The van der Waals surface area contributed by atoms with E-state index in [9.17, 15) is 13.2 Å². The number of nitrogens with one attached hydrogen (secondary N) is 1. The van der Waals surface area contributed by atoms with Gasteiger partial charge in [0, 0.05) is 11.6 Å². The standard InChI is InChI=1S/C25H27ClN2O4S/c1-19(21-8-10-22(26)11-9-21)27-25(29)18-28(17-16-20-6-4-3-5-7-20)33(30,31)24-14-12-23(32-2)13-15-24/h3-15,19H,16-18H2,1-2H3,(H,27,29)/t19-/m1/s1. The summed E-state index contributed by atoms with van der Waals surface area (Å²) in [5, 5.41) is 3.48. The van der Waals surface area contributed by atoms with Crippen LogP contribution in [0.3, 0.4) is 0 Å². The second kappa shape index (κ2) is 11.3. The molecule has 0 aliphatic carbocycles. The van der Waals surface area contributed by atoms with Crippen LogP contribution in [0.25, 0.3) is 0 Å². The maximum atomic E-state index is 13.4. The normalized spacial score (nSPS) is 12.4. The minimum atomic E-state index is -3.90. The van der Waals surface area contributed by atoms with Crippen LogP contribution in [0.4, 0.5) is 0 Å². The molecule has 3 aromatic rings. The fourth-order valence-electron chi connectivity index (χ4n) is 3.36. The van der Waals surface area contributed by atoms with Gasteiger partial charge < -0.3 is 10.1 Å². The highest BCUT2D eigenvalue weighted by Crippen LogP contribution is 2.21. The largest absolute Gasteiger partial charge is 0.497 e. The summed E-state index contributed by atoms with van der Waals surface area (Å²) in [5.41, 5.74) is 1.86. The fourth-order valence-corrected chi connectivity index (χ4v) is 4.88. The third-order valence-corrected chi connectivity index (χ3v) is 7.37. The summed E-state index contributed by atoms with van der Waals surface area (Å²) in [4.78, 5) is 12.9. The van der Waals surface area contributed by atoms with Gasteiger partial charge in [0.15, 0.2) is 0 Å². The Bertz CT molecular complexity index is 1150. The second-order valence-electron chi connectivity index (χ2n) is 7.59. The van der Waals surface area contributed by atoms with Crippen molar-refractivity contribution in [2.45, 2.75) is 24.3 Å². The Labute approximate surface area is 200 Å². The maximum Gasteiger partial charge on any atom is 0.243 e. The highest BCUT2D eigenvalue weighted by molar-refractivity contribution is 7.89. The number of carbonyl (C=O) groups excluding carboxylic acids is 1. The Hall–Kier alpha value is -2.87. The van der Waals surface area contributed by atoms with Crippen LogP contribution in [-0.4, -0.2) is 38.8 Å². The van der Waals surface area contributed by atoms with Crippen LogP contribution < -0.4 is 10.1 Å². The topological polar surface area (TPSA) is 75.7 Å². The summed E-state index contributed by atoms with van der Waals surface area (Å²) in [6.07, 6.45) is 0.482. The molecule has 33 heavy (non-hydrogen) atoms. The fraction of sp³-hybridized carbons (Fsp3) is 0.240. The molecule has 6 nitrogen and oxygen atoms in total. The summed E-state index contributed by atoms with van der Waals surface area (Å²) < 4.78 is 33.1. The van der Waals surface area contributed by atoms with Crippen molar-refractivity contribution in [2.75, 3.05) is 20.2 Å². The summed E-state index contributed by atoms with van der Waals surface area (Å²) >= 11 is 5.94. The third kappa shape index (κ3) is 6.81. The first kappa shape index (κ1) is 24.8. The Morgan fingerprint density at radius 2 is 1.64 bits per heavy atom. The SMILES string of the molecule is COc1ccc(S(=O)(=O)N(CCc2ccccc2)CC(=O)N[C@H](C)c2ccc(Cl)cc2)cc1. The van der Waals surface area contributed by atoms with E-state index in [1.807, 2.05) is 49.4 Å². The molecule has 8 heteroatoms. The molecular weight excluding hydrogens is 460 g/mol. The number of hydrogen-bond acceptors (Lipinski definition) is 4. The summed E-state index contributed by atoms with van der Waals surface area (Å²) in [6, 6.07) is 22.6. The van der Waals surface area contributed by atoms with Crippen molar-refractivity contribution < 1.29 is 17.9 Å². The van der Waals surface area contributed by atoms with Gasteiger partial charge in [0.2, 0.25) is 15.9 Å². The monoisotopic (exact) mass is 486 g/mol. The van der Waals surface area contributed by atoms with E-state index >= 15 is 0 Å². The molecule has 0 spiro atoms. The third-order valence-electron chi connectivity index (χ3n) is 5.26. The molecule has 0 fully saturated rings. The molecule has 174 valence electrons. The highest BCUT2D eigenvalue weighted by atomic mass is 35.5. The van der Waals surface area contributed by atoms with Crippen LogP contribution in [-0.2, 0) is 21.2 Å². The lowest BCUT2D eigenvalue weighted by atomic mass is 10.1. The van der Waals surface area contributed by atoms with Crippen molar-refractivity contribution in [3.63, 3.8) is 0 Å². The van der Waals surface area contributed by atoms with Crippen molar-refractivity contribution in [3.05, 3.63) is 95.0 Å². The molecule has 0 saturated carbocycles. The smallest absolute Gasteiger partial charge is 0.243 e. The van der Waals surface area contributed by atoms with E-state index in [1.165, 1.54) is 23.5 Å². The van der Waals surface area contributed by atoms with Gasteiger partial charge >= 0.3 is 0 Å². The predicted octanol–water partition coefficient (Wildman–Crippen LogP) is 4.46. The Morgan fingerprint density at radius 3 is 2.24 bits per heavy atom. The van der Waals surface area contributed by atoms with Crippen molar-refractivity contribution >= 4 is 27.5 Å². The van der Waals surface area contributed by atoms with Crippen LogP contribution in [0.2, 0.25) is 5.02 Å². The van der Waals surface area contributed by atoms with E-state index in [0.29, 0.717) is 17.2 Å². The summed E-state index contributed by atoms with van der Waals surface area (Å²) in [5.74, 6) is 0.168. The van der Waals surface area contributed by atoms with Gasteiger partial charge in [-0.3, -0.25) is 4.79 Å². The van der Waals surface area contributed by atoms with Gasteiger partial charge in [0.05, 0.1) is 24.6 Å². The number of carbonyl (C=O) groups is 1. The van der Waals surface area contributed by atoms with Crippen molar-refractivity contribution in [3.8, 4) is 5.75 Å². The molecule has 0 unspecified atom stereocenters. The molecule has 0 heterocycles. The van der Waals surface area contributed by atoms with E-state index in [-0.39, 0.29) is 29.9 Å². The number of amides is 1. The number of nitrogens with zero attached hydrogens (tertiary/aromatic N) is 1. The molecule has 0 bridgehead atoms. The number of methoxy groups -OCH3 is 1. The zero-order valence-corrected chi connectivity index (χ0v) is 20.1. The van der Waals surface area contributed by atoms with Crippen molar-refractivity contribution in [2.24, 2.45) is 0 Å². The molecule has 3 rings (SSSR count). The van der Waals surface area contributed by atoms with Gasteiger partial charge in [-0.2, -0.15) is 4.31 Å². The zero-order chi connectivity index (χ0) is 23.8. The van der Waals surface area contributed by atoms with Gasteiger partial charge in [-0.25, -0.2) is 8.42 Å². The minimum Gasteiger partial charge on any atom is -0.497 e.